The number of hydrogen-bond acceptors (Lipinski definition) is 7. The van der Waals surface area contributed by atoms with E-state index in [0.717, 1.165) is 6.42 Å². The van der Waals surface area contributed by atoms with Gasteiger partial charge in [0.05, 0.1) is 32.9 Å². The Labute approximate surface area is 186 Å². The standard InChI is InChI=1S/C22H28N2O6S/c1-15(25)18-6-7-19(27-2)21(28-3)20(18)30-14-16-13-24(10-11-29-16)22(26)23-9-8-17-5-4-12-31-17/h4-7,12,16H,8-11,13-14H2,1-3H3,(H,23,26). The van der Waals surface area contributed by atoms with Gasteiger partial charge in [-0.05, 0) is 36.9 Å². The molecule has 1 fully saturated rings. The maximum Gasteiger partial charge on any atom is 0.317 e. The molecule has 0 bridgehead atoms. The van der Waals surface area contributed by atoms with E-state index in [2.05, 4.69) is 11.4 Å². The Kier molecular flexibility index (Phi) is 8.13. The van der Waals surface area contributed by atoms with Crippen molar-refractivity contribution in [2.75, 3.05) is 47.1 Å². The lowest BCUT2D eigenvalue weighted by Gasteiger charge is -2.33. The van der Waals surface area contributed by atoms with Gasteiger partial charge in [0, 0.05) is 18.0 Å². The molecule has 1 aliphatic heterocycles. The summed E-state index contributed by atoms with van der Waals surface area (Å²) in [4.78, 5) is 27.5. The topological polar surface area (TPSA) is 86.3 Å². The van der Waals surface area contributed by atoms with Gasteiger partial charge in [0.15, 0.2) is 17.3 Å². The van der Waals surface area contributed by atoms with E-state index in [1.54, 1.807) is 28.4 Å². The lowest BCUT2D eigenvalue weighted by Crippen LogP contribution is -2.51. The van der Waals surface area contributed by atoms with Crippen LogP contribution in [0.15, 0.2) is 29.6 Å². The van der Waals surface area contributed by atoms with Crippen molar-refractivity contribution in [1.82, 2.24) is 10.2 Å². The normalized spacial score (nSPS) is 16.0. The number of ether oxygens (including phenoxy) is 4. The zero-order valence-electron chi connectivity index (χ0n) is 18.0. The van der Waals surface area contributed by atoms with Crippen LogP contribution in [0.5, 0.6) is 17.2 Å². The molecule has 8 nitrogen and oxygen atoms in total. The van der Waals surface area contributed by atoms with E-state index < -0.39 is 0 Å². The fraction of sp³-hybridized carbons (Fsp3) is 0.455. The van der Waals surface area contributed by atoms with Crippen molar-refractivity contribution in [3.63, 3.8) is 0 Å². The quantitative estimate of drug-likeness (QED) is 0.594. The number of nitrogens with zero attached hydrogens (tertiary/aromatic N) is 1. The second-order valence-corrected chi connectivity index (χ2v) is 8.08. The largest absolute Gasteiger partial charge is 0.493 e. The van der Waals surface area contributed by atoms with Crippen LogP contribution in [0, 0.1) is 0 Å². The second kappa shape index (κ2) is 11.0. The van der Waals surface area contributed by atoms with Crippen LogP contribution in [0.4, 0.5) is 4.79 Å². The zero-order valence-corrected chi connectivity index (χ0v) is 18.8. The molecule has 9 heteroatoms. The van der Waals surface area contributed by atoms with Crippen molar-refractivity contribution in [3.8, 4) is 17.2 Å². The molecule has 0 saturated carbocycles. The minimum absolute atomic E-state index is 0.117. The summed E-state index contributed by atoms with van der Waals surface area (Å²) < 4.78 is 22.4. The van der Waals surface area contributed by atoms with Crippen molar-refractivity contribution in [3.05, 3.63) is 40.1 Å². The number of carbonyl (C=O) groups is 2. The van der Waals surface area contributed by atoms with Crippen molar-refractivity contribution in [1.29, 1.82) is 0 Å². The maximum atomic E-state index is 12.5. The highest BCUT2D eigenvalue weighted by Crippen LogP contribution is 2.40. The van der Waals surface area contributed by atoms with Gasteiger partial charge in [0.2, 0.25) is 5.75 Å². The molecule has 1 aromatic heterocycles. The van der Waals surface area contributed by atoms with E-state index in [1.807, 2.05) is 11.4 Å². The molecular formula is C22H28N2O6S. The first-order valence-electron chi connectivity index (χ1n) is 10.1. The lowest BCUT2D eigenvalue weighted by atomic mass is 10.1. The average molecular weight is 449 g/mol. The highest BCUT2D eigenvalue weighted by Gasteiger charge is 2.26. The van der Waals surface area contributed by atoms with E-state index in [1.165, 1.54) is 26.0 Å². The molecule has 0 spiro atoms. The predicted molar refractivity (Wildman–Crippen MR) is 118 cm³/mol. The molecule has 1 aromatic carbocycles. The van der Waals surface area contributed by atoms with Crippen LogP contribution in [0.25, 0.3) is 0 Å². The summed E-state index contributed by atoms with van der Waals surface area (Å²) in [6, 6.07) is 7.26. The molecule has 1 saturated heterocycles. The second-order valence-electron chi connectivity index (χ2n) is 7.05. The summed E-state index contributed by atoms with van der Waals surface area (Å²) in [5, 5.41) is 4.98. The summed E-state index contributed by atoms with van der Waals surface area (Å²) in [6.45, 7) is 3.55. The SMILES string of the molecule is COc1ccc(C(C)=O)c(OCC2CN(C(=O)NCCc3cccs3)CCO2)c1OC. The number of methoxy groups -OCH3 is 2. The number of nitrogens with one attached hydrogen (secondary N) is 1. The molecular weight excluding hydrogens is 420 g/mol. The molecule has 0 radical (unpaired) electrons. The Morgan fingerprint density at radius 1 is 1.23 bits per heavy atom. The number of rotatable bonds is 9. The Hall–Kier alpha value is -2.78. The summed E-state index contributed by atoms with van der Waals surface area (Å²) >= 11 is 1.68. The highest BCUT2D eigenvalue weighted by atomic mass is 32.1. The van der Waals surface area contributed by atoms with Crippen molar-refractivity contribution >= 4 is 23.2 Å². The van der Waals surface area contributed by atoms with Crippen LogP contribution in [-0.2, 0) is 11.2 Å². The minimum atomic E-state index is -0.326. The minimum Gasteiger partial charge on any atom is -0.493 e. The smallest absolute Gasteiger partial charge is 0.317 e. The summed E-state index contributed by atoms with van der Waals surface area (Å²) in [5.41, 5.74) is 0.400. The van der Waals surface area contributed by atoms with Gasteiger partial charge in [0.25, 0.3) is 0 Å². The van der Waals surface area contributed by atoms with E-state index in [-0.39, 0.29) is 24.5 Å². The van der Waals surface area contributed by atoms with Gasteiger partial charge in [-0.2, -0.15) is 0 Å². The number of carbonyl (C=O) groups excluding carboxylic acids is 2. The first-order valence-corrected chi connectivity index (χ1v) is 11.0. The maximum absolute atomic E-state index is 12.5. The number of amides is 2. The van der Waals surface area contributed by atoms with Gasteiger partial charge >= 0.3 is 6.03 Å². The number of Topliss-reactive ketones (excluding diaryl/α,β-unsaturated/α-hetero) is 1. The van der Waals surface area contributed by atoms with E-state index in [9.17, 15) is 9.59 Å². The van der Waals surface area contributed by atoms with Crippen molar-refractivity contribution in [2.24, 2.45) is 0 Å². The molecule has 2 amide bonds. The predicted octanol–water partition coefficient (Wildman–Crippen LogP) is 3.00. The van der Waals surface area contributed by atoms with Crippen molar-refractivity contribution < 1.29 is 28.5 Å². The zero-order chi connectivity index (χ0) is 22.2. The number of urea groups is 1. The summed E-state index contributed by atoms with van der Waals surface area (Å²) in [7, 11) is 3.02. The van der Waals surface area contributed by atoms with Crippen LogP contribution in [0.1, 0.15) is 22.2 Å². The van der Waals surface area contributed by atoms with E-state index >= 15 is 0 Å². The van der Waals surface area contributed by atoms with Crippen molar-refractivity contribution in [2.45, 2.75) is 19.4 Å². The molecule has 168 valence electrons. The van der Waals surface area contributed by atoms with Gasteiger partial charge in [-0.25, -0.2) is 4.79 Å². The highest BCUT2D eigenvalue weighted by molar-refractivity contribution is 7.09. The molecule has 1 N–H and O–H groups in total. The molecule has 2 heterocycles. The number of ketones is 1. The number of benzene rings is 1. The monoisotopic (exact) mass is 448 g/mol. The Balaban J connectivity index is 1.58. The van der Waals surface area contributed by atoms with Gasteiger partial charge < -0.3 is 29.2 Å². The van der Waals surface area contributed by atoms with Gasteiger partial charge in [-0.1, -0.05) is 6.07 Å². The van der Waals surface area contributed by atoms with E-state index in [0.29, 0.717) is 49.1 Å². The molecule has 0 aliphatic carbocycles. The Morgan fingerprint density at radius 2 is 2.06 bits per heavy atom. The number of thiophene rings is 1. The molecule has 31 heavy (non-hydrogen) atoms. The fourth-order valence-corrected chi connectivity index (χ4v) is 4.07. The summed E-state index contributed by atoms with van der Waals surface area (Å²) in [5.74, 6) is 0.996. The molecule has 1 unspecified atom stereocenters. The van der Waals surface area contributed by atoms with Gasteiger partial charge in [-0.15, -0.1) is 11.3 Å². The van der Waals surface area contributed by atoms with Crippen LogP contribution in [-0.4, -0.2) is 69.9 Å². The van der Waals surface area contributed by atoms with Crippen LogP contribution in [0.2, 0.25) is 0 Å². The molecule has 1 atom stereocenters. The van der Waals surface area contributed by atoms with Crippen LogP contribution < -0.4 is 19.5 Å². The molecule has 3 rings (SSSR count). The Bertz CT molecular complexity index is 886. The third-order valence-corrected chi connectivity index (χ3v) is 5.88. The number of morpholine rings is 1. The lowest BCUT2D eigenvalue weighted by molar-refractivity contribution is -0.0355. The molecule has 2 aromatic rings. The van der Waals surface area contributed by atoms with E-state index in [4.69, 9.17) is 18.9 Å². The fourth-order valence-electron chi connectivity index (χ4n) is 3.36. The first-order chi connectivity index (χ1) is 15.0. The third kappa shape index (κ3) is 5.89. The molecule has 1 aliphatic rings. The third-order valence-electron chi connectivity index (χ3n) is 4.95. The summed E-state index contributed by atoms with van der Waals surface area (Å²) in [6.07, 6.45) is 0.483. The average Bonchev–Trinajstić information content (AvgIpc) is 3.30. The van der Waals surface area contributed by atoms with Gasteiger partial charge in [-0.3, -0.25) is 4.79 Å². The van der Waals surface area contributed by atoms with Crippen LogP contribution >= 0.6 is 11.3 Å². The Morgan fingerprint density at radius 3 is 2.74 bits per heavy atom. The van der Waals surface area contributed by atoms with Gasteiger partial charge in [0.1, 0.15) is 12.7 Å². The first kappa shape index (κ1) is 22.9. The number of hydrogen-bond donors (Lipinski definition) is 1. The van der Waals surface area contributed by atoms with Crippen LogP contribution in [0.3, 0.4) is 0 Å².